The van der Waals surface area contributed by atoms with Crippen LogP contribution in [0.4, 0.5) is 0 Å². The lowest BCUT2D eigenvalue weighted by Gasteiger charge is -2.25. The van der Waals surface area contributed by atoms with Crippen LogP contribution in [0.15, 0.2) is 48.5 Å². The van der Waals surface area contributed by atoms with Crippen molar-refractivity contribution in [1.29, 1.82) is 0 Å². The zero-order valence-corrected chi connectivity index (χ0v) is 13.7. The SMILES string of the molecule is O=C(NCC1Cc2ccccc2CO1)c1ccc(I)cc1. The molecule has 3 nitrogen and oxygen atoms in total. The number of carbonyl (C=O) groups excluding carboxylic acids is 1. The van der Waals surface area contributed by atoms with Crippen molar-refractivity contribution in [2.24, 2.45) is 0 Å². The molecule has 0 spiro atoms. The van der Waals surface area contributed by atoms with E-state index in [9.17, 15) is 4.79 Å². The highest BCUT2D eigenvalue weighted by Gasteiger charge is 2.19. The maximum Gasteiger partial charge on any atom is 0.251 e. The third kappa shape index (κ3) is 3.63. The molecule has 2 aromatic carbocycles. The molecule has 1 aliphatic heterocycles. The molecular weight excluding hydrogens is 377 g/mol. The summed E-state index contributed by atoms with van der Waals surface area (Å²) in [6, 6.07) is 15.8. The molecule has 1 atom stereocenters. The Morgan fingerprint density at radius 3 is 2.62 bits per heavy atom. The highest BCUT2D eigenvalue weighted by atomic mass is 127. The summed E-state index contributed by atoms with van der Waals surface area (Å²) < 4.78 is 6.92. The summed E-state index contributed by atoms with van der Waals surface area (Å²) in [4.78, 5) is 12.1. The molecule has 0 saturated heterocycles. The molecule has 4 heteroatoms. The summed E-state index contributed by atoms with van der Waals surface area (Å²) in [6.45, 7) is 1.17. The lowest BCUT2D eigenvalue weighted by molar-refractivity contribution is 0.0285. The van der Waals surface area contributed by atoms with Crippen molar-refractivity contribution in [2.45, 2.75) is 19.1 Å². The number of fused-ring (bicyclic) bond motifs is 1. The molecule has 0 saturated carbocycles. The van der Waals surface area contributed by atoms with Gasteiger partial charge in [0.15, 0.2) is 0 Å². The van der Waals surface area contributed by atoms with E-state index in [0.29, 0.717) is 18.7 Å². The van der Waals surface area contributed by atoms with E-state index in [1.165, 1.54) is 11.1 Å². The number of amides is 1. The van der Waals surface area contributed by atoms with Gasteiger partial charge in [0.2, 0.25) is 0 Å². The van der Waals surface area contributed by atoms with Crippen molar-refractivity contribution in [1.82, 2.24) is 5.32 Å². The predicted molar refractivity (Wildman–Crippen MR) is 90.2 cm³/mol. The molecule has 1 aliphatic rings. The van der Waals surface area contributed by atoms with Gasteiger partial charge in [-0.2, -0.15) is 0 Å². The summed E-state index contributed by atoms with van der Waals surface area (Å²) in [5.41, 5.74) is 3.25. The van der Waals surface area contributed by atoms with E-state index < -0.39 is 0 Å². The molecule has 1 N–H and O–H groups in total. The van der Waals surface area contributed by atoms with Gasteiger partial charge in [-0.15, -0.1) is 0 Å². The van der Waals surface area contributed by atoms with Gasteiger partial charge in [-0.3, -0.25) is 4.79 Å². The molecule has 1 amide bonds. The van der Waals surface area contributed by atoms with Crippen molar-refractivity contribution in [3.05, 3.63) is 68.8 Å². The summed E-state index contributed by atoms with van der Waals surface area (Å²) in [7, 11) is 0. The molecule has 1 heterocycles. The van der Waals surface area contributed by atoms with Gasteiger partial charge in [0.05, 0.1) is 12.7 Å². The Hall–Kier alpha value is -1.40. The molecule has 21 heavy (non-hydrogen) atoms. The van der Waals surface area contributed by atoms with Crippen LogP contribution in [0.5, 0.6) is 0 Å². The second kappa shape index (κ2) is 6.58. The Balaban J connectivity index is 1.56. The van der Waals surface area contributed by atoms with E-state index in [0.717, 1.165) is 9.99 Å². The van der Waals surface area contributed by atoms with Crippen LogP contribution in [-0.4, -0.2) is 18.6 Å². The fourth-order valence-corrected chi connectivity index (χ4v) is 2.81. The fraction of sp³-hybridized carbons (Fsp3) is 0.235. The van der Waals surface area contributed by atoms with Gasteiger partial charge >= 0.3 is 0 Å². The van der Waals surface area contributed by atoms with E-state index in [1.807, 2.05) is 36.4 Å². The minimum atomic E-state index is -0.0474. The predicted octanol–water partition coefficient (Wildman–Crippen LogP) is 3.16. The topological polar surface area (TPSA) is 38.3 Å². The first-order chi connectivity index (χ1) is 10.2. The van der Waals surface area contributed by atoms with Crippen molar-refractivity contribution in [3.63, 3.8) is 0 Å². The molecule has 1 unspecified atom stereocenters. The Kier molecular flexibility index (Phi) is 4.55. The first kappa shape index (κ1) is 14.5. The second-order valence-electron chi connectivity index (χ2n) is 5.12. The first-order valence-corrected chi connectivity index (χ1v) is 8.02. The quantitative estimate of drug-likeness (QED) is 0.814. The lowest BCUT2D eigenvalue weighted by atomic mass is 9.99. The monoisotopic (exact) mass is 393 g/mol. The van der Waals surface area contributed by atoms with Crippen LogP contribution < -0.4 is 5.32 Å². The molecule has 2 aromatic rings. The van der Waals surface area contributed by atoms with E-state index in [1.54, 1.807) is 0 Å². The smallest absolute Gasteiger partial charge is 0.251 e. The van der Waals surface area contributed by atoms with Gasteiger partial charge in [-0.25, -0.2) is 0 Å². The van der Waals surface area contributed by atoms with Gasteiger partial charge in [-0.1, -0.05) is 24.3 Å². The molecule has 0 radical (unpaired) electrons. The standard InChI is InChI=1S/C17H16INO2/c18-15-7-5-12(6-8-15)17(20)19-10-16-9-13-3-1-2-4-14(13)11-21-16/h1-8,16H,9-11H2,(H,19,20). The van der Waals surface area contributed by atoms with E-state index in [-0.39, 0.29) is 12.0 Å². The molecular formula is C17H16INO2. The van der Waals surface area contributed by atoms with Crippen molar-refractivity contribution in [2.75, 3.05) is 6.54 Å². The Morgan fingerprint density at radius 1 is 1.14 bits per heavy atom. The van der Waals surface area contributed by atoms with Gasteiger partial charge in [-0.05, 0) is 58.0 Å². The van der Waals surface area contributed by atoms with Crippen LogP contribution in [0.25, 0.3) is 0 Å². The van der Waals surface area contributed by atoms with Gasteiger partial charge in [0.1, 0.15) is 0 Å². The van der Waals surface area contributed by atoms with Crippen molar-refractivity contribution < 1.29 is 9.53 Å². The highest BCUT2D eigenvalue weighted by molar-refractivity contribution is 14.1. The van der Waals surface area contributed by atoms with Crippen molar-refractivity contribution >= 4 is 28.5 Å². The third-order valence-corrected chi connectivity index (χ3v) is 4.36. The van der Waals surface area contributed by atoms with E-state index >= 15 is 0 Å². The molecule has 0 aliphatic carbocycles. The minimum Gasteiger partial charge on any atom is -0.371 e. The molecule has 108 valence electrons. The van der Waals surface area contributed by atoms with Crippen molar-refractivity contribution in [3.8, 4) is 0 Å². The average molecular weight is 393 g/mol. The van der Waals surface area contributed by atoms with Crippen LogP contribution in [0, 0.1) is 3.57 Å². The minimum absolute atomic E-state index is 0.0474. The number of benzene rings is 2. The summed E-state index contributed by atoms with van der Waals surface area (Å²) in [6.07, 6.45) is 0.899. The maximum atomic E-state index is 12.1. The number of rotatable bonds is 3. The first-order valence-electron chi connectivity index (χ1n) is 6.94. The average Bonchev–Trinajstić information content (AvgIpc) is 2.53. The maximum absolute atomic E-state index is 12.1. The second-order valence-corrected chi connectivity index (χ2v) is 6.37. The van der Waals surface area contributed by atoms with Crippen LogP contribution >= 0.6 is 22.6 Å². The fourth-order valence-electron chi connectivity index (χ4n) is 2.45. The summed E-state index contributed by atoms with van der Waals surface area (Å²) in [5, 5.41) is 2.95. The van der Waals surface area contributed by atoms with E-state index in [2.05, 4.69) is 40.0 Å². The molecule has 0 bridgehead atoms. The van der Waals surface area contributed by atoms with Crippen LogP contribution in [0.2, 0.25) is 0 Å². The lowest BCUT2D eigenvalue weighted by Crippen LogP contribution is -2.36. The van der Waals surface area contributed by atoms with Gasteiger partial charge in [0.25, 0.3) is 5.91 Å². The molecule has 3 rings (SSSR count). The number of carbonyl (C=O) groups is 1. The van der Waals surface area contributed by atoms with Gasteiger partial charge < -0.3 is 10.1 Å². The van der Waals surface area contributed by atoms with Crippen LogP contribution in [0.1, 0.15) is 21.5 Å². The molecule has 0 fully saturated rings. The number of ether oxygens (including phenoxy) is 1. The number of nitrogens with one attached hydrogen (secondary N) is 1. The largest absolute Gasteiger partial charge is 0.371 e. The third-order valence-electron chi connectivity index (χ3n) is 3.64. The Bertz CT molecular complexity index is 639. The zero-order chi connectivity index (χ0) is 14.7. The number of halogens is 1. The highest BCUT2D eigenvalue weighted by Crippen LogP contribution is 2.19. The van der Waals surface area contributed by atoms with E-state index in [4.69, 9.17) is 4.74 Å². The van der Waals surface area contributed by atoms with Crippen LogP contribution in [0.3, 0.4) is 0 Å². The number of hydrogen-bond acceptors (Lipinski definition) is 2. The number of hydrogen-bond donors (Lipinski definition) is 1. The Morgan fingerprint density at radius 2 is 1.86 bits per heavy atom. The zero-order valence-electron chi connectivity index (χ0n) is 11.5. The normalized spacial score (nSPS) is 17.1. The Labute approximate surface area is 137 Å². The van der Waals surface area contributed by atoms with Gasteiger partial charge in [0, 0.05) is 22.1 Å². The molecule has 0 aromatic heterocycles. The summed E-state index contributed by atoms with van der Waals surface area (Å²) >= 11 is 2.23. The summed E-state index contributed by atoms with van der Waals surface area (Å²) in [5.74, 6) is -0.0474. The van der Waals surface area contributed by atoms with Crippen LogP contribution in [-0.2, 0) is 17.8 Å².